The number of methoxy groups -OCH3 is 2. The van der Waals surface area contributed by atoms with Crippen LogP contribution in [0.3, 0.4) is 0 Å². The topological polar surface area (TPSA) is 67.8 Å². The fraction of sp³-hybridized carbons (Fsp3) is 0.500. The molecular formula is C14H19NO4. The van der Waals surface area contributed by atoms with E-state index in [-0.39, 0.29) is 5.92 Å². The lowest BCUT2D eigenvalue weighted by molar-refractivity contribution is -0.140. The van der Waals surface area contributed by atoms with Crippen LogP contribution in [0.25, 0.3) is 0 Å². The van der Waals surface area contributed by atoms with Crippen molar-refractivity contribution >= 4 is 5.97 Å². The summed E-state index contributed by atoms with van der Waals surface area (Å²) in [6, 6.07) is 5.11. The van der Waals surface area contributed by atoms with Crippen molar-refractivity contribution in [1.82, 2.24) is 5.32 Å². The predicted molar refractivity (Wildman–Crippen MR) is 70.5 cm³/mol. The lowest BCUT2D eigenvalue weighted by Gasteiger charge is -2.16. The fourth-order valence-electron chi connectivity index (χ4n) is 2.20. The zero-order chi connectivity index (χ0) is 13.8. The summed E-state index contributed by atoms with van der Waals surface area (Å²) in [5, 5.41) is 12.3. The second-order valence-corrected chi connectivity index (χ2v) is 4.69. The van der Waals surface area contributed by atoms with Crippen LogP contribution in [0.15, 0.2) is 18.2 Å². The Morgan fingerprint density at radius 3 is 2.68 bits per heavy atom. The molecule has 0 aromatic heterocycles. The molecule has 5 heteroatoms. The molecule has 0 bridgehead atoms. The van der Waals surface area contributed by atoms with Crippen molar-refractivity contribution in [3.63, 3.8) is 0 Å². The molecule has 19 heavy (non-hydrogen) atoms. The van der Waals surface area contributed by atoms with Gasteiger partial charge in [-0.1, -0.05) is 12.1 Å². The third-order valence-corrected chi connectivity index (χ3v) is 3.36. The van der Waals surface area contributed by atoms with Gasteiger partial charge < -0.3 is 14.6 Å². The van der Waals surface area contributed by atoms with E-state index in [9.17, 15) is 9.90 Å². The summed E-state index contributed by atoms with van der Waals surface area (Å²) in [6.07, 6.45) is 1.97. The summed E-state index contributed by atoms with van der Waals surface area (Å²) in [5.74, 6) is 0.774. The van der Waals surface area contributed by atoms with Crippen LogP contribution in [0.5, 0.6) is 11.5 Å². The average molecular weight is 265 g/mol. The molecule has 0 spiro atoms. The number of carboxylic acids is 1. The number of hydrogen-bond donors (Lipinski definition) is 2. The molecule has 0 aliphatic heterocycles. The Kier molecular flexibility index (Phi) is 4.27. The number of hydrogen-bond acceptors (Lipinski definition) is 4. The van der Waals surface area contributed by atoms with Crippen LogP contribution >= 0.6 is 0 Å². The van der Waals surface area contributed by atoms with E-state index in [1.807, 2.05) is 18.2 Å². The number of nitrogens with one attached hydrogen (secondary N) is 1. The van der Waals surface area contributed by atoms with Crippen molar-refractivity contribution in [2.75, 3.05) is 14.2 Å². The van der Waals surface area contributed by atoms with Gasteiger partial charge in [0.05, 0.1) is 14.2 Å². The first-order chi connectivity index (χ1) is 9.17. The van der Waals surface area contributed by atoms with Gasteiger partial charge in [0, 0.05) is 12.1 Å². The summed E-state index contributed by atoms with van der Waals surface area (Å²) >= 11 is 0. The number of carbonyl (C=O) groups is 1. The molecule has 1 aromatic rings. The van der Waals surface area contributed by atoms with E-state index in [1.165, 1.54) is 0 Å². The van der Waals surface area contributed by atoms with E-state index >= 15 is 0 Å². The van der Waals surface area contributed by atoms with Crippen LogP contribution in [0, 0.1) is 5.92 Å². The zero-order valence-electron chi connectivity index (χ0n) is 11.2. The highest BCUT2D eigenvalue weighted by Crippen LogP contribution is 2.34. The van der Waals surface area contributed by atoms with Crippen molar-refractivity contribution in [1.29, 1.82) is 0 Å². The number of carboxylic acid groups (broad SMARTS) is 1. The first kappa shape index (κ1) is 13.7. The van der Waals surface area contributed by atoms with E-state index < -0.39 is 12.0 Å². The number of para-hydroxylation sites is 1. The highest BCUT2D eigenvalue weighted by Gasteiger charge is 2.35. The molecule has 2 N–H and O–H groups in total. The summed E-state index contributed by atoms with van der Waals surface area (Å²) in [6.45, 7) is 0.452. The second kappa shape index (κ2) is 5.93. The SMILES string of the molecule is COc1cccc(CNC(C(=O)O)C2CC2)c1OC. The van der Waals surface area contributed by atoms with E-state index in [1.54, 1.807) is 14.2 Å². The van der Waals surface area contributed by atoms with Gasteiger partial charge in [0.25, 0.3) is 0 Å². The highest BCUT2D eigenvalue weighted by atomic mass is 16.5. The van der Waals surface area contributed by atoms with Gasteiger partial charge >= 0.3 is 5.97 Å². The molecule has 1 fully saturated rings. The molecule has 2 rings (SSSR count). The largest absolute Gasteiger partial charge is 0.493 e. The van der Waals surface area contributed by atoms with Crippen LogP contribution < -0.4 is 14.8 Å². The van der Waals surface area contributed by atoms with E-state index in [4.69, 9.17) is 9.47 Å². The smallest absolute Gasteiger partial charge is 0.320 e. The molecule has 104 valence electrons. The number of ether oxygens (including phenoxy) is 2. The summed E-state index contributed by atoms with van der Waals surface area (Å²) in [4.78, 5) is 11.2. The second-order valence-electron chi connectivity index (χ2n) is 4.69. The minimum Gasteiger partial charge on any atom is -0.493 e. The monoisotopic (exact) mass is 265 g/mol. The summed E-state index contributed by atoms with van der Waals surface area (Å²) in [7, 11) is 3.16. The van der Waals surface area contributed by atoms with Crippen molar-refractivity contribution in [3.05, 3.63) is 23.8 Å². The normalized spacial score (nSPS) is 15.9. The van der Waals surface area contributed by atoms with Gasteiger partial charge in [-0.05, 0) is 24.8 Å². The third kappa shape index (κ3) is 3.17. The predicted octanol–water partition coefficient (Wildman–Crippen LogP) is 1.66. The van der Waals surface area contributed by atoms with Crippen molar-refractivity contribution in [3.8, 4) is 11.5 Å². The van der Waals surface area contributed by atoms with Gasteiger partial charge in [0.1, 0.15) is 6.04 Å². The van der Waals surface area contributed by atoms with Crippen LogP contribution in [0.2, 0.25) is 0 Å². The molecular weight excluding hydrogens is 246 g/mol. The van der Waals surface area contributed by atoms with Gasteiger partial charge in [0.15, 0.2) is 11.5 Å². The van der Waals surface area contributed by atoms with Crippen LogP contribution in [0.4, 0.5) is 0 Å². The lowest BCUT2D eigenvalue weighted by Crippen LogP contribution is -2.38. The van der Waals surface area contributed by atoms with Crippen LogP contribution in [-0.4, -0.2) is 31.3 Å². The number of rotatable bonds is 7. The fourth-order valence-corrected chi connectivity index (χ4v) is 2.20. The quantitative estimate of drug-likeness (QED) is 0.784. The van der Waals surface area contributed by atoms with Crippen molar-refractivity contribution < 1.29 is 19.4 Å². The standard InChI is InChI=1S/C14H19NO4/c1-18-11-5-3-4-10(13(11)19-2)8-15-12(14(16)17)9-6-7-9/h3-5,9,12,15H,6-8H2,1-2H3,(H,16,17). The Hall–Kier alpha value is -1.75. The maximum absolute atomic E-state index is 11.2. The molecule has 0 heterocycles. The van der Waals surface area contributed by atoms with Gasteiger partial charge in [-0.15, -0.1) is 0 Å². The van der Waals surface area contributed by atoms with Crippen molar-refractivity contribution in [2.24, 2.45) is 5.92 Å². The van der Waals surface area contributed by atoms with E-state index in [0.717, 1.165) is 18.4 Å². The first-order valence-corrected chi connectivity index (χ1v) is 6.33. The van der Waals surface area contributed by atoms with Crippen LogP contribution in [0.1, 0.15) is 18.4 Å². The molecule has 1 saturated carbocycles. The molecule has 5 nitrogen and oxygen atoms in total. The summed E-state index contributed by atoms with van der Waals surface area (Å²) < 4.78 is 10.5. The van der Waals surface area contributed by atoms with Gasteiger partial charge in [0.2, 0.25) is 0 Å². The Labute approximate surface area is 112 Å². The molecule has 0 radical (unpaired) electrons. The van der Waals surface area contributed by atoms with E-state index in [2.05, 4.69) is 5.32 Å². The number of aliphatic carboxylic acids is 1. The molecule has 1 aliphatic carbocycles. The van der Waals surface area contributed by atoms with Crippen LogP contribution in [-0.2, 0) is 11.3 Å². The minimum atomic E-state index is -0.788. The van der Waals surface area contributed by atoms with Gasteiger partial charge in [-0.25, -0.2) is 0 Å². The van der Waals surface area contributed by atoms with Gasteiger partial charge in [-0.2, -0.15) is 0 Å². The Balaban J connectivity index is 2.08. The maximum Gasteiger partial charge on any atom is 0.320 e. The zero-order valence-corrected chi connectivity index (χ0v) is 11.2. The molecule has 1 aliphatic rings. The average Bonchev–Trinajstić information content (AvgIpc) is 3.22. The molecule has 1 aromatic carbocycles. The first-order valence-electron chi connectivity index (χ1n) is 6.33. The van der Waals surface area contributed by atoms with E-state index in [0.29, 0.717) is 18.0 Å². The lowest BCUT2D eigenvalue weighted by atomic mass is 10.1. The Morgan fingerprint density at radius 1 is 1.42 bits per heavy atom. The Bertz CT molecular complexity index is 457. The molecule has 0 amide bonds. The molecule has 1 atom stereocenters. The maximum atomic E-state index is 11.2. The third-order valence-electron chi connectivity index (χ3n) is 3.36. The number of benzene rings is 1. The van der Waals surface area contributed by atoms with Gasteiger partial charge in [-0.3, -0.25) is 10.1 Å². The molecule has 1 unspecified atom stereocenters. The summed E-state index contributed by atoms with van der Waals surface area (Å²) in [5.41, 5.74) is 0.897. The molecule has 0 saturated heterocycles. The Morgan fingerprint density at radius 2 is 2.16 bits per heavy atom. The van der Waals surface area contributed by atoms with Crippen molar-refractivity contribution in [2.45, 2.75) is 25.4 Å². The minimum absolute atomic E-state index is 0.258. The highest BCUT2D eigenvalue weighted by molar-refractivity contribution is 5.74.